The monoisotopic (exact) mass is 241 g/mol. The van der Waals surface area contributed by atoms with E-state index in [-0.39, 0.29) is 5.56 Å². The van der Waals surface area contributed by atoms with Crippen LogP contribution >= 0.6 is 0 Å². The van der Waals surface area contributed by atoms with E-state index in [1.165, 1.54) is 0 Å². The summed E-state index contributed by atoms with van der Waals surface area (Å²) in [7, 11) is 0. The van der Waals surface area contributed by atoms with Crippen LogP contribution in [-0.4, -0.2) is 11.3 Å². The fraction of sp³-hybridized carbons (Fsp3) is 0.333. The number of halogens is 5. The molecule has 1 aromatic carbocycles. The zero-order valence-corrected chi connectivity index (χ0v) is 8.07. The van der Waals surface area contributed by atoms with E-state index >= 15 is 0 Å². The van der Waals surface area contributed by atoms with Gasteiger partial charge in [0.1, 0.15) is 6.04 Å². The number of nitrogens with two attached hydrogens (primary N) is 1. The molecule has 2 nitrogen and oxygen atoms in total. The molecule has 90 valence electrons. The minimum atomic E-state index is -4.84. The van der Waals surface area contributed by atoms with Gasteiger partial charge in [0.15, 0.2) is 11.6 Å². The molecule has 0 radical (unpaired) electrons. The summed E-state index contributed by atoms with van der Waals surface area (Å²) in [5.41, 5.74) is 3.54. The molecule has 0 bridgehead atoms. The van der Waals surface area contributed by atoms with E-state index in [2.05, 4.69) is 0 Å². The van der Waals surface area contributed by atoms with Crippen molar-refractivity contribution in [3.05, 3.63) is 28.8 Å². The summed E-state index contributed by atoms with van der Waals surface area (Å²) in [5.74, 6) is -4.53. The molecule has 0 aliphatic carbocycles. The maximum Gasteiger partial charge on any atom is 0.407 e. The Labute approximate surface area is 87.5 Å². The zero-order chi connectivity index (χ0) is 12.7. The van der Waals surface area contributed by atoms with Gasteiger partial charge in [-0.1, -0.05) is 0 Å². The van der Waals surface area contributed by atoms with Gasteiger partial charge < -0.3 is 10.8 Å². The van der Waals surface area contributed by atoms with Gasteiger partial charge in [0, 0.05) is 5.56 Å². The number of hydrogen-bond donors (Lipinski definition) is 2. The Morgan fingerprint density at radius 3 is 2.19 bits per heavy atom. The summed E-state index contributed by atoms with van der Waals surface area (Å²) in [6.45, 7) is 1.07. The highest BCUT2D eigenvalue weighted by molar-refractivity contribution is 5.40. The van der Waals surface area contributed by atoms with Crippen molar-refractivity contribution >= 4 is 0 Å². The van der Waals surface area contributed by atoms with Crippen molar-refractivity contribution in [3.8, 4) is 5.75 Å². The second kappa shape index (κ2) is 3.89. The predicted octanol–water partition coefficient (Wildman–Crippen LogP) is 2.54. The van der Waals surface area contributed by atoms with Crippen LogP contribution in [-0.2, 0) is 0 Å². The van der Waals surface area contributed by atoms with E-state index in [0.717, 1.165) is 6.92 Å². The van der Waals surface area contributed by atoms with Crippen LogP contribution in [0.1, 0.15) is 17.2 Å². The van der Waals surface area contributed by atoms with Crippen molar-refractivity contribution in [1.82, 2.24) is 0 Å². The van der Waals surface area contributed by atoms with E-state index in [0.29, 0.717) is 6.07 Å². The molecule has 0 fully saturated rings. The average molecular weight is 241 g/mol. The van der Waals surface area contributed by atoms with Gasteiger partial charge in [-0.2, -0.15) is 17.6 Å². The molecule has 0 saturated heterocycles. The van der Waals surface area contributed by atoms with Gasteiger partial charge in [-0.05, 0) is 18.6 Å². The fourth-order valence-electron chi connectivity index (χ4n) is 1.18. The molecule has 0 heterocycles. The molecule has 7 heteroatoms. The summed E-state index contributed by atoms with van der Waals surface area (Å²) in [6, 6.07) is -1.88. The highest BCUT2D eigenvalue weighted by atomic mass is 19.4. The summed E-state index contributed by atoms with van der Waals surface area (Å²) >= 11 is 0. The second-order valence-electron chi connectivity index (χ2n) is 3.28. The first-order valence-electron chi connectivity index (χ1n) is 4.16. The molecular weight excluding hydrogens is 233 g/mol. The van der Waals surface area contributed by atoms with Crippen molar-refractivity contribution in [2.75, 3.05) is 0 Å². The summed E-state index contributed by atoms with van der Waals surface area (Å²) < 4.78 is 62.5. The molecular formula is C9H8F5NO. The van der Waals surface area contributed by atoms with E-state index in [9.17, 15) is 22.0 Å². The van der Waals surface area contributed by atoms with Gasteiger partial charge in [-0.3, -0.25) is 0 Å². The van der Waals surface area contributed by atoms with Crippen molar-refractivity contribution in [1.29, 1.82) is 0 Å². The number of aryl methyl sites for hydroxylation is 1. The molecule has 0 aliphatic rings. The average Bonchev–Trinajstić information content (AvgIpc) is 2.18. The Balaban J connectivity index is 3.36. The Hall–Kier alpha value is -1.37. The van der Waals surface area contributed by atoms with Gasteiger partial charge in [-0.15, -0.1) is 0 Å². The molecule has 1 atom stereocenters. The van der Waals surface area contributed by atoms with Crippen molar-refractivity contribution < 1.29 is 27.1 Å². The van der Waals surface area contributed by atoms with Crippen LogP contribution in [0.15, 0.2) is 6.07 Å². The SMILES string of the molecule is Cc1cc([C@@H](N)C(F)(F)F)c(O)c(F)c1F. The Bertz CT molecular complexity index is 415. The van der Waals surface area contributed by atoms with Crippen molar-refractivity contribution in [3.63, 3.8) is 0 Å². The molecule has 0 saturated carbocycles. The first kappa shape index (κ1) is 12.7. The Morgan fingerprint density at radius 1 is 1.25 bits per heavy atom. The molecule has 16 heavy (non-hydrogen) atoms. The highest BCUT2D eigenvalue weighted by Gasteiger charge is 2.40. The topological polar surface area (TPSA) is 46.2 Å². The van der Waals surface area contributed by atoms with Crippen LogP contribution in [0, 0.1) is 18.6 Å². The third-order valence-corrected chi connectivity index (χ3v) is 2.08. The van der Waals surface area contributed by atoms with Crippen LogP contribution in [0.25, 0.3) is 0 Å². The lowest BCUT2D eigenvalue weighted by Crippen LogP contribution is -2.28. The van der Waals surface area contributed by atoms with Gasteiger partial charge in [-0.25, -0.2) is 4.39 Å². The van der Waals surface area contributed by atoms with Crippen molar-refractivity contribution in [2.45, 2.75) is 19.1 Å². The highest BCUT2D eigenvalue weighted by Crippen LogP contribution is 2.37. The van der Waals surface area contributed by atoms with Crippen molar-refractivity contribution in [2.24, 2.45) is 5.73 Å². The van der Waals surface area contributed by atoms with Crippen LogP contribution in [0.2, 0.25) is 0 Å². The smallest absolute Gasteiger partial charge is 0.407 e. The molecule has 1 rings (SSSR count). The lowest BCUT2D eigenvalue weighted by molar-refractivity contribution is -0.149. The van der Waals surface area contributed by atoms with Crippen LogP contribution in [0.3, 0.4) is 0 Å². The molecule has 0 spiro atoms. The first-order chi connectivity index (χ1) is 7.16. The van der Waals surface area contributed by atoms with E-state index in [4.69, 9.17) is 10.8 Å². The lowest BCUT2D eigenvalue weighted by Gasteiger charge is -2.18. The molecule has 0 unspecified atom stereocenters. The molecule has 0 amide bonds. The minimum absolute atomic E-state index is 0.356. The Kier molecular flexibility index (Phi) is 3.09. The number of phenols is 1. The maximum absolute atomic E-state index is 13.0. The van der Waals surface area contributed by atoms with Gasteiger partial charge in [0.05, 0.1) is 0 Å². The van der Waals surface area contributed by atoms with Gasteiger partial charge in [0.25, 0.3) is 0 Å². The fourth-order valence-corrected chi connectivity index (χ4v) is 1.18. The number of benzene rings is 1. The quantitative estimate of drug-likeness (QED) is 0.742. The molecule has 0 aromatic heterocycles. The summed E-state index contributed by atoms with van der Waals surface area (Å²) in [5, 5.41) is 9.04. The van der Waals surface area contributed by atoms with E-state index in [1.807, 2.05) is 0 Å². The minimum Gasteiger partial charge on any atom is -0.505 e. The second-order valence-corrected chi connectivity index (χ2v) is 3.28. The first-order valence-corrected chi connectivity index (χ1v) is 4.16. The van der Waals surface area contributed by atoms with Gasteiger partial charge >= 0.3 is 6.18 Å². The summed E-state index contributed by atoms with van der Waals surface area (Å²) in [6.07, 6.45) is -4.84. The number of rotatable bonds is 1. The third kappa shape index (κ3) is 2.08. The van der Waals surface area contributed by atoms with E-state index < -0.39 is 35.2 Å². The van der Waals surface area contributed by atoms with Gasteiger partial charge in [0.2, 0.25) is 5.82 Å². The zero-order valence-electron chi connectivity index (χ0n) is 8.07. The third-order valence-electron chi connectivity index (χ3n) is 2.08. The number of hydrogen-bond acceptors (Lipinski definition) is 2. The lowest BCUT2D eigenvalue weighted by atomic mass is 10.0. The summed E-state index contributed by atoms with van der Waals surface area (Å²) in [4.78, 5) is 0. The molecule has 0 aliphatic heterocycles. The largest absolute Gasteiger partial charge is 0.505 e. The normalized spacial score (nSPS) is 13.9. The predicted molar refractivity (Wildman–Crippen MR) is 45.7 cm³/mol. The number of aromatic hydroxyl groups is 1. The Morgan fingerprint density at radius 2 is 1.75 bits per heavy atom. The van der Waals surface area contributed by atoms with Crippen LogP contribution < -0.4 is 5.73 Å². The van der Waals surface area contributed by atoms with Crippen LogP contribution in [0.5, 0.6) is 5.75 Å². The molecule has 3 N–H and O–H groups in total. The van der Waals surface area contributed by atoms with E-state index in [1.54, 1.807) is 0 Å². The number of alkyl halides is 3. The maximum atomic E-state index is 13.0. The number of phenolic OH excluding ortho intramolecular Hbond substituents is 1. The molecule has 1 aromatic rings. The standard InChI is InChI=1S/C9H8F5NO/c1-3-2-4(8(15)9(12,13)14)7(16)6(11)5(3)10/h2,8,16H,15H2,1H3/t8-/m1/s1. The van der Waals surface area contributed by atoms with Crippen LogP contribution in [0.4, 0.5) is 22.0 Å².